The molecule has 0 N–H and O–H groups in total. The lowest BCUT2D eigenvalue weighted by Crippen LogP contribution is -2.29. The van der Waals surface area contributed by atoms with Crippen molar-refractivity contribution in [2.75, 3.05) is 0 Å². The van der Waals surface area contributed by atoms with Gasteiger partial charge in [0.05, 0.1) is 27.5 Å². The molecule has 0 bridgehead atoms. The number of benzene rings is 13. The Balaban J connectivity index is 1.02. The molecule has 0 saturated carbocycles. The average Bonchev–Trinajstić information content (AvgIpc) is 4.27. The molecule has 13 aromatic carbocycles. The van der Waals surface area contributed by atoms with Gasteiger partial charge in [-0.25, -0.2) is 0 Å². The topological polar surface area (TPSA) is 9.86 Å². The molecule has 16 rings (SSSR count). The van der Waals surface area contributed by atoms with Crippen LogP contribution in [0.15, 0.2) is 291 Å². The van der Waals surface area contributed by atoms with Gasteiger partial charge in [0.1, 0.15) is 0 Å². The minimum atomic E-state index is -0.606. The molecule has 2 heterocycles. The molecular formula is C75H48N2. The van der Waals surface area contributed by atoms with Crippen molar-refractivity contribution in [1.29, 1.82) is 0 Å². The van der Waals surface area contributed by atoms with Crippen molar-refractivity contribution in [1.82, 2.24) is 9.13 Å². The molecule has 0 radical (unpaired) electrons. The fourth-order valence-corrected chi connectivity index (χ4v) is 13.7. The molecule has 358 valence electrons. The van der Waals surface area contributed by atoms with Crippen molar-refractivity contribution in [2.45, 2.75) is 5.41 Å². The number of para-hydroxylation sites is 4. The van der Waals surface area contributed by atoms with E-state index in [4.69, 9.17) is 0 Å². The molecule has 0 atom stereocenters. The van der Waals surface area contributed by atoms with Gasteiger partial charge in [-0.1, -0.05) is 224 Å². The standard InChI is InChI=1S/C75H48N2/c1-5-22-51(23-6-1)75(52-24-7-2-8-25-52)68-39-16-13-30-57(68)62-37-21-38-63(74(62)75)73-60-35-19-33-55(49-42-44-71-66(46-49)58-31-14-17-40-69(58)76(71)53-26-9-3-10-27-53)64(60)48-65-56(34-20-36-61(65)73)50-43-45-72-67(47-50)59-32-15-18-41-70(59)77(72)54-28-11-4-12-29-54/h1-48H. The molecule has 77 heavy (non-hydrogen) atoms. The van der Waals surface area contributed by atoms with Gasteiger partial charge in [0.25, 0.3) is 0 Å². The van der Waals surface area contributed by atoms with E-state index >= 15 is 0 Å². The van der Waals surface area contributed by atoms with Crippen LogP contribution in [0.2, 0.25) is 0 Å². The summed E-state index contributed by atoms with van der Waals surface area (Å²) in [5, 5.41) is 9.82. The maximum absolute atomic E-state index is 2.51. The first-order valence-electron chi connectivity index (χ1n) is 26.8. The van der Waals surface area contributed by atoms with E-state index in [2.05, 4.69) is 300 Å². The summed E-state index contributed by atoms with van der Waals surface area (Å²) in [6.45, 7) is 0. The van der Waals surface area contributed by atoms with Crippen molar-refractivity contribution in [3.63, 3.8) is 0 Å². The highest BCUT2D eigenvalue weighted by Gasteiger charge is 2.47. The highest BCUT2D eigenvalue weighted by Crippen LogP contribution is 2.60. The SMILES string of the molecule is c1ccc(-n2c3ccccc3c3cc(-c4cccc5c(-c6cccc7c6C(c6ccccc6)(c6ccccc6)c6ccccc6-7)c6cccc(-c7ccc8c(c7)c7ccccc7n8-c7ccccc7)c6cc45)ccc32)cc1. The second-order valence-corrected chi connectivity index (χ2v) is 20.6. The Morgan fingerprint density at radius 1 is 0.234 bits per heavy atom. The molecule has 1 aliphatic rings. The Labute approximate surface area is 446 Å². The first kappa shape index (κ1) is 43.4. The normalized spacial score (nSPS) is 12.8. The zero-order valence-corrected chi connectivity index (χ0v) is 42.1. The summed E-state index contributed by atoms with van der Waals surface area (Å²) in [7, 11) is 0. The van der Waals surface area contributed by atoms with Gasteiger partial charge in [0, 0.05) is 32.9 Å². The van der Waals surface area contributed by atoms with Crippen LogP contribution in [0.5, 0.6) is 0 Å². The fraction of sp³-hybridized carbons (Fsp3) is 0.0133. The maximum atomic E-state index is 2.51. The Hall–Kier alpha value is -10.0. The van der Waals surface area contributed by atoms with E-state index < -0.39 is 5.41 Å². The number of aromatic nitrogens is 2. The van der Waals surface area contributed by atoms with Crippen LogP contribution in [0, 0.1) is 0 Å². The van der Waals surface area contributed by atoms with Crippen molar-refractivity contribution in [3.05, 3.63) is 313 Å². The molecule has 2 nitrogen and oxygen atoms in total. The van der Waals surface area contributed by atoms with Crippen LogP contribution in [-0.2, 0) is 5.41 Å². The van der Waals surface area contributed by atoms with Crippen LogP contribution in [-0.4, -0.2) is 9.13 Å². The summed E-state index contributed by atoms with van der Waals surface area (Å²) in [4.78, 5) is 0. The van der Waals surface area contributed by atoms with E-state index in [1.807, 2.05) is 0 Å². The molecular weight excluding hydrogens is 929 g/mol. The predicted molar refractivity (Wildman–Crippen MR) is 324 cm³/mol. The molecule has 0 unspecified atom stereocenters. The minimum Gasteiger partial charge on any atom is -0.309 e. The van der Waals surface area contributed by atoms with E-state index in [1.54, 1.807) is 0 Å². The summed E-state index contributed by atoms with van der Waals surface area (Å²) in [5.74, 6) is 0. The molecule has 0 fully saturated rings. The summed E-state index contributed by atoms with van der Waals surface area (Å²) >= 11 is 0. The molecule has 0 amide bonds. The lowest BCUT2D eigenvalue weighted by atomic mass is 9.65. The Morgan fingerprint density at radius 2 is 0.623 bits per heavy atom. The zero-order valence-electron chi connectivity index (χ0n) is 42.1. The molecule has 0 saturated heterocycles. The summed E-state index contributed by atoms with van der Waals surface area (Å²) in [6, 6.07) is 109. The minimum absolute atomic E-state index is 0.606. The number of nitrogens with zero attached hydrogens (tertiary/aromatic N) is 2. The molecule has 15 aromatic rings. The van der Waals surface area contributed by atoms with Crippen LogP contribution in [0.1, 0.15) is 22.3 Å². The average molecular weight is 977 g/mol. The lowest BCUT2D eigenvalue weighted by molar-refractivity contribution is 0.770. The van der Waals surface area contributed by atoms with Gasteiger partial charge in [-0.05, 0) is 155 Å². The smallest absolute Gasteiger partial charge is 0.0719 e. The summed E-state index contributed by atoms with van der Waals surface area (Å²) < 4.78 is 4.81. The monoisotopic (exact) mass is 976 g/mol. The first-order chi connectivity index (χ1) is 38.2. The fourth-order valence-electron chi connectivity index (χ4n) is 13.7. The second-order valence-electron chi connectivity index (χ2n) is 20.6. The van der Waals surface area contributed by atoms with E-state index in [9.17, 15) is 0 Å². The van der Waals surface area contributed by atoms with Crippen LogP contribution in [0.3, 0.4) is 0 Å². The van der Waals surface area contributed by atoms with Crippen LogP contribution < -0.4 is 0 Å². The Kier molecular flexibility index (Phi) is 9.58. The number of fused-ring (bicyclic) bond motifs is 11. The zero-order chi connectivity index (χ0) is 50.6. The molecule has 0 spiro atoms. The first-order valence-corrected chi connectivity index (χ1v) is 26.8. The predicted octanol–water partition coefficient (Wildman–Crippen LogP) is 19.6. The number of rotatable bonds is 7. The highest BCUT2D eigenvalue weighted by atomic mass is 15.0. The maximum Gasteiger partial charge on any atom is 0.0719 e. The van der Waals surface area contributed by atoms with Crippen molar-refractivity contribution in [2.24, 2.45) is 0 Å². The third-order valence-corrected chi connectivity index (χ3v) is 16.8. The van der Waals surface area contributed by atoms with Gasteiger partial charge in [-0.15, -0.1) is 0 Å². The van der Waals surface area contributed by atoms with E-state index in [-0.39, 0.29) is 0 Å². The van der Waals surface area contributed by atoms with Gasteiger partial charge in [0.2, 0.25) is 0 Å². The molecule has 1 aliphatic carbocycles. The Bertz CT molecular complexity index is 4580. The lowest BCUT2D eigenvalue weighted by Gasteiger charge is -2.35. The Morgan fingerprint density at radius 3 is 1.16 bits per heavy atom. The van der Waals surface area contributed by atoms with Crippen LogP contribution in [0.25, 0.3) is 121 Å². The number of hydrogen-bond acceptors (Lipinski definition) is 0. The van der Waals surface area contributed by atoms with E-state index in [0.717, 1.165) is 11.4 Å². The van der Waals surface area contributed by atoms with Crippen LogP contribution >= 0.6 is 0 Å². The third kappa shape index (κ3) is 6.30. The molecule has 2 aromatic heterocycles. The van der Waals surface area contributed by atoms with E-state index in [1.165, 1.54) is 132 Å². The highest BCUT2D eigenvalue weighted by molar-refractivity contribution is 6.21. The van der Waals surface area contributed by atoms with Gasteiger partial charge in [-0.3, -0.25) is 0 Å². The van der Waals surface area contributed by atoms with Crippen LogP contribution in [0.4, 0.5) is 0 Å². The second kappa shape index (κ2) is 17.0. The number of hydrogen-bond donors (Lipinski definition) is 0. The van der Waals surface area contributed by atoms with Gasteiger partial charge >= 0.3 is 0 Å². The quantitative estimate of drug-likeness (QED) is 0.141. The van der Waals surface area contributed by atoms with Gasteiger partial charge in [-0.2, -0.15) is 0 Å². The van der Waals surface area contributed by atoms with Crippen molar-refractivity contribution < 1.29 is 0 Å². The molecule has 2 heteroatoms. The van der Waals surface area contributed by atoms with Gasteiger partial charge < -0.3 is 9.13 Å². The summed E-state index contributed by atoms with van der Waals surface area (Å²) in [6.07, 6.45) is 0. The largest absolute Gasteiger partial charge is 0.309 e. The summed E-state index contributed by atoms with van der Waals surface area (Å²) in [5.41, 5.74) is 21.4. The van der Waals surface area contributed by atoms with Crippen molar-refractivity contribution in [3.8, 4) is 55.9 Å². The third-order valence-electron chi connectivity index (χ3n) is 16.8. The molecule has 0 aliphatic heterocycles. The van der Waals surface area contributed by atoms with Gasteiger partial charge in [0.15, 0.2) is 0 Å². The van der Waals surface area contributed by atoms with E-state index in [0.29, 0.717) is 0 Å². The van der Waals surface area contributed by atoms with Crippen molar-refractivity contribution >= 4 is 65.2 Å².